The number of hydrogen-bond donors (Lipinski definition) is 3. The molecule has 10 nitrogen and oxygen atoms in total. The fourth-order valence-electron chi connectivity index (χ4n) is 5.13. The van der Waals surface area contributed by atoms with Crippen LogP contribution >= 0.6 is 0 Å². The molecule has 0 aliphatic carbocycles. The van der Waals surface area contributed by atoms with Gasteiger partial charge in [0.25, 0.3) is 5.91 Å². The number of nitrogens with one attached hydrogen (secondary N) is 3. The minimum Gasteiger partial charge on any atom is -0.373 e. The molecule has 3 heterocycles. The molecule has 4 aromatic rings. The summed E-state index contributed by atoms with van der Waals surface area (Å²) < 4.78 is 43.3. The van der Waals surface area contributed by atoms with Gasteiger partial charge in [-0.2, -0.15) is 23.0 Å². The number of amides is 1. The smallest absolute Gasteiger partial charge is 0.373 e. The molecule has 2 aromatic heterocycles. The van der Waals surface area contributed by atoms with Crippen molar-refractivity contribution in [2.75, 3.05) is 54.6 Å². The van der Waals surface area contributed by atoms with Gasteiger partial charge in [0.1, 0.15) is 18.0 Å². The summed E-state index contributed by atoms with van der Waals surface area (Å²) in [4.78, 5) is 25.9. The number of aryl methyl sites for hydroxylation is 2. The largest absolute Gasteiger partial charge is 0.416 e. The number of anilines is 5. The van der Waals surface area contributed by atoms with E-state index in [-0.39, 0.29) is 11.6 Å². The lowest BCUT2D eigenvalue weighted by Gasteiger charge is -2.40. The number of carbonyl (C=O) groups excluding carboxylic acids is 1. The highest BCUT2D eigenvalue weighted by atomic mass is 19.4. The molecule has 3 N–H and O–H groups in total. The number of carbonyl (C=O) groups is 1. The van der Waals surface area contributed by atoms with Crippen molar-refractivity contribution in [2.45, 2.75) is 33.0 Å². The van der Waals surface area contributed by atoms with Gasteiger partial charge in [0.05, 0.1) is 11.3 Å². The highest BCUT2D eigenvalue weighted by Gasteiger charge is 2.33. The predicted molar refractivity (Wildman–Crippen MR) is 162 cm³/mol. The third-order valence-corrected chi connectivity index (χ3v) is 7.39. The standard InChI is InChI=1S/C30H34F3N9O/c1-18-6-7-23(14-25(18)38-28-10-19(2)39-42(28)27-15-26(34-4)35-17-36-27)37-29(43)21-11-22(30(31,32)33)13-24(12-21)41-9-8-40(5)16-20(41)3/h6-7,10-15,17,20,38H,8-9,16H2,1-5H3,(H,37,43)(H,34,35,36)/t20-/m1/s1. The van der Waals surface area contributed by atoms with Crippen molar-refractivity contribution in [3.8, 4) is 5.82 Å². The zero-order chi connectivity index (χ0) is 30.9. The molecule has 0 spiro atoms. The van der Waals surface area contributed by atoms with E-state index in [1.54, 1.807) is 29.9 Å². The van der Waals surface area contributed by atoms with Gasteiger partial charge in [-0.15, -0.1) is 0 Å². The van der Waals surface area contributed by atoms with Gasteiger partial charge in [-0.1, -0.05) is 6.07 Å². The van der Waals surface area contributed by atoms with E-state index < -0.39 is 17.6 Å². The van der Waals surface area contributed by atoms with Gasteiger partial charge in [0, 0.05) is 67.5 Å². The Kier molecular flexibility index (Phi) is 8.27. The maximum atomic E-state index is 13.9. The SMILES string of the molecule is CNc1cc(-n2nc(C)cc2Nc2cc(NC(=O)c3cc(N4CCN(C)C[C@H]4C)cc(C(F)(F)F)c3)ccc2C)ncn1. The minimum absolute atomic E-state index is 0.00637. The summed E-state index contributed by atoms with van der Waals surface area (Å²) >= 11 is 0. The van der Waals surface area contributed by atoms with Gasteiger partial charge < -0.3 is 25.8 Å². The van der Waals surface area contributed by atoms with E-state index in [0.29, 0.717) is 54.2 Å². The minimum atomic E-state index is -4.60. The van der Waals surface area contributed by atoms with E-state index in [4.69, 9.17) is 0 Å². The Labute approximate surface area is 247 Å². The molecule has 1 saturated heterocycles. The van der Waals surface area contributed by atoms with Crippen LogP contribution in [-0.2, 0) is 6.18 Å². The Morgan fingerprint density at radius 1 is 1.02 bits per heavy atom. The molecule has 0 saturated carbocycles. The van der Waals surface area contributed by atoms with Crippen molar-refractivity contribution in [1.29, 1.82) is 0 Å². The zero-order valence-electron chi connectivity index (χ0n) is 24.6. The predicted octanol–water partition coefficient (Wildman–Crippen LogP) is 5.48. The van der Waals surface area contributed by atoms with Crippen molar-refractivity contribution in [2.24, 2.45) is 0 Å². The number of rotatable bonds is 7. The van der Waals surface area contributed by atoms with Crippen molar-refractivity contribution in [3.63, 3.8) is 0 Å². The number of nitrogens with zero attached hydrogens (tertiary/aromatic N) is 6. The van der Waals surface area contributed by atoms with Gasteiger partial charge in [-0.05, 0) is 63.7 Å². The van der Waals surface area contributed by atoms with Crippen LogP contribution in [0.1, 0.15) is 34.1 Å². The number of likely N-dealkylation sites (N-methyl/N-ethyl adjacent to an activating group) is 1. The number of benzene rings is 2. The maximum Gasteiger partial charge on any atom is 0.416 e. The molecule has 1 fully saturated rings. The van der Waals surface area contributed by atoms with Crippen LogP contribution in [0.25, 0.3) is 5.82 Å². The molecular weight excluding hydrogens is 559 g/mol. The number of alkyl halides is 3. The summed E-state index contributed by atoms with van der Waals surface area (Å²) in [6.07, 6.45) is -3.16. The first kappa shape index (κ1) is 29.8. The van der Waals surface area contributed by atoms with E-state index >= 15 is 0 Å². The summed E-state index contributed by atoms with van der Waals surface area (Å²) in [6.45, 7) is 7.72. The summed E-state index contributed by atoms with van der Waals surface area (Å²) in [6, 6.07) is 12.4. The Hall–Kier alpha value is -4.65. The van der Waals surface area contributed by atoms with Crippen molar-refractivity contribution < 1.29 is 18.0 Å². The molecule has 0 unspecified atom stereocenters. The Bertz CT molecular complexity index is 1640. The highest BCUT2D eigenvalue weighted by molar-refractivity contribution is 6.05. The van der Waals surface area contributed by atoms with Gasteiger partial charge in [-0.25, -0.2) is 9.97 Å². The van der Waals surface area contributed by atoms with Gasteiger partial charge in [0.2, 0.25) is 0 Å². The topological polar surface area (TPSA) is 103 Å². The first-order chi connectivity index (χ1) is 20.4. The number of hydrogen-bond acceptors (Lipinski definition) is 8. The quantitative estimate of drug-likeness (QED) is 0.259. The molecular formula is C30H34F3N9O. The number of aromatic nitrogens is 4. The summed E-state index contributed by atoms with van der Waals surface area (Å²) in [5, 5.41) is 13.7. The van der Waals surface area contributed by atoms with Crippen LogP contribution in [0.4, 0.5) is 41.9 Å². The molecule has 13 heteroatoms. The lowest BCUT2D eigenvalue weighted by atomic mass is 10.0. The fourth-order valence-corrected chi connectivity index (χ4v) is 5.13. The van der Waals surface area contributed by atoms with Crippen molar-refractivity contribution >= 4 is 34.6 Å². The van der Waals surface area contributed by atoms with Crippen LogP contribution < -0.4 is 20.9 Å². The molecule has 43 heavy (non-hydrogen) atoms. The van der Waals surface area contributed by atoms with Crippen LogP contribution in [0.3, 0.4) is 0 Å². The van der Waals surface area contributed by atoms with Crippen molar-refractivity contribution in [3.05, 3.63) is 77.2 Å². The van der Waals surface area contributed by atoms with Crippen LogP contribution in [0.5, 0.6) is 0 Å². The molecule has 1 atom stereocenters. The lowest BCUT2D eigenvalue weighted by Crippen LogP contribution is -2.50. The first-order valence-corrected chi connectivity index (χ1v) is 13.8. The molecule has 1 aliphatic heterocycles. The average Bonchev–Trinajstić information content (AvgIpc) is 3.33. The third-order valence-electron chi connectivity index (χ3n) is 7.39. The van der Waals surface area contributed by atoms with Gasteiger partial charge >= 0.3 is 6.18 Å². The van der Waals surface area contributed by atoms with E-state index in [0.717, 1.165) is 23.4 Å². The van der Waals surface area contributed by atoms with E-state index in [1.807, 2.05) is 44.9 Å². The first-order valence-electron chi connectivity index (χ1n) is 13.8. The highest BCUT2D eigenvalue weighted by Crippen LogP contribution is 2.34. The van der Waals surface area contributed by atoms with E-state index in [1.165, 1.54) is 12.4 Å². The molecule has 1 amide bonds. The number of halogens is 3. The summed E-state index contributed by atoms with van der Waals surface area (Å²) in [5.41, 5.74) is 2.19. The Balaban J connectivity index is 1.42. The fraction of sp³-hybridized carbons (Fsp3) is 0.333. The molecule has 5 rings (SSSR count). The zero-order valence-corrected chi connectivity index (χ0v) is 24.6. The molecule has 226 valence electrons. The lowest BCUT2D eigenvalue weighted by molar-refractivity contribution is -0.137. The maximum absolute atomic E-state index is 13.9. The normalized spacial score (nSPS) is 15.8. The van der Waals surface area contributed by atoms with Crippen LogP contribution in [0, 0.1) is 13.8 Å². The van der Waals surface area contributed by atoms with Crippen molar-refractivity contribution in [1.82, 2.24) is 24.6 Å². The molecule has 2 aromatic carbocycles. The van der Waals surface area contributed by atoms with E-state index in [2.05, 4.69) is 35.9 Å². The summed E-state index contributed by atoms with van der Waals surface area (Å²) in [5.74, 6) is 1.18. The molecule has 1 aliphatic rings. The monoisotopic (exact) mass is 593 g/mol. The second-order valence-corrected chi connectivity index (χ2v) is 10.8. The second-order valence-electron chi connectivity index (χ2n) is 10.8. The van der Waals surface area contributed by atoms with Gasteiger partial charge in [0.15, 0.2) is 5.82 Å². The van der Waals surface area contributed by atoms with E-state index in [9.17, 15) is 18.0 Å². The number of piperazine rings is 1. The van der Waals surface area contributed by atoms with Crippen LogP contribution in [-0.4, -0.2) is 70.3 Å². The van der Waals surface area contributed by atoms with Gasteiger partial charge in [-0.3, -0.25) is 4.79 Å². The molecule has 0 bridgehead atoms. The van der Waals surface area contributed by atoms with Crippen LogP contribution in [0.2, 0.25) is 0 Å². The Morgan fingerprint density at radius 3 is 2.53 bits per heavy atom. The average molecular weight is 594 g/mol. The third kappa shape index (κ3) is 6.72. The Morgan fingerprint density at radius 2 is 1.81 bits per heavy atom. The second kappa shape index (κ2) is 11.9. The summed E-state index contributed by atoms with van der Waals surface area (Å²) in [7, 11) is 3.74. The van der Waals surface area contributed by atoms with Crippen LogP contribution in [0.15, 0.2) is 54.9 Å². The molecule has 0 radical (unpaired) electrons.